The molecule has 96 valence electrons. The molecule has 2 amide bonds. The molecule has 0 bridgehead atoms. The minimum absolute atomic E-state index is 0.192. The smallest absolute Gasteiger partial charge is 0.262 e. The van der Waals surface area contributed by atoms with Crippen LogP contribution in [0.4, 0.5) is 0 Å². The number of rotatable bonds is 2. The molecule has 2 aromatic carbocycles. The molecule has 1 aliphatic heterocycles. The van der Waals surface area contributed by atoms with Gasteiger partial charge in [-0.05, 0) is 39.9 Å². The lowest BCUT2D eigenvalue weighted by atomic mass is 9.94. The highest BCUT2D eigenvalue weighted by Gasteiger charge is 2.33. The van der Waals surface area contributed by atoms with Crippen molar-refractivity contribution in [2.24, 2.45) is 0 Å². The summed E-state index contributed by atoms with van der Waals surface area (Å²) < 4.78 is 0.742. The van der Waals surface area contributed by atoms with Crippen LogP contribution in [0.25, 0.3) is 10.8 Å². The van der Waals surface area contributed by atoms with Crippen molar-refractivity contribution in [3.63, 3.8) is 0 Å². The van der Waals surface area contributed by atoms with Crippen LogP contribution in [0.3, 0.4) is 0 Å². The third kappa shape index (κ3) is 1.70. The molecule has 2 aromatic rings. The van der Waals surface area contributed by atoms with E-state index in [4.69, 9.17) is 0 Å². The molecule has 0 N–H and O–H groups in total. The zero-order valence-corrected chi connectivity index (χ0v) is 12.0. The Hall–Kier alpha value is -1.68. The lowest BCUT2D eigenvalue weighted by molar-refractivity contribution is 0.0610. The van der Waals surface area contributed by atoms with Gasteiger partial charge in [0.2, 0.25) is 0 Å². The Morgan fingerprint density at radius 2 is 1.89 bits per heavy atom. The molecule has 1 heterocycles. The van der Waals surface area contributed by atoms with Gasteiger partial charge in [0.05, 0.1) is 5.56 Å². The minimum Gasteiger partial charge on any atom is -0.274 e. The highest BCUT2D eigenvalue weighted by molar-refractivity contribution is 9.10. The normalized spacial score (nSPS) is 14.3. The third-order valence-corrected chi connectivity index (χ3v) is 4.04. The number of hydrogen-bond donors (Lipinski definition) is 0. The number of imide groups is 1. The van der Waals surface area contributed by atoms with Crippen molar-refractivity contribution < 1.29 is 9.59 Å². The summed E-state index contributed by atoms with van der Waals surface area (Å²) in [6, 6.07) is 9.34. The van der Waals surface area contributed by atoms with Crippen LogP contribution in [0, 0.1) is 0 Å². The van der Waals surface area contributed by atoms with Gasteiger partial charge in [-0.1, -0.05) is 25.1 Å². The molecular formula is C15H12BrNO2. The highest BCUT2D eigenvalue weighted by atomic mass is 79.9. The number of benzene rings is 2. The minimum atomic E-state index is -0.206. The molecule has 0 fully saturated rings. The predicted octanol–water partition coefficient (Wildman–Crippen LogP) is 3.61. The SMILES string of the molecule is CCCN1C(=O)c2cccc3ccc(Br)c(c23)C1=O. The molecule has 0 saturated heterocycles. The van der Waals surface area contributed by atoms with Crippen LogP contribution in [0.5, 0.6) is 0 Å². The molecule has 0 atom stereocenters. The largest absolute Gasteiger partial charge is 0.274 e. The molecule has 3 rings (SSSR count). The summed E-state index contributed by atoms with van der Waals surface area (Å²) in [5.74, 6) is -0.397. The topological polar surface area (TPSA) is 37.4 Å². The second-order valence-corrected chi connectivity index (χ2v) is 5.44. The molecule has 0 aliphatic carbocycles. The summed E-state index contributed by atoms with van der Waals surface area (Å²) in [6.45, 7) is 2.41. The lowest BCUT2D eigenvalue weighted by Crippen LogP contribution is -2.40. The summed E-state index contributed by atoms with van der Waals surface area (Å²) in [4.78, 5) is 26.2. The molecule has 3 nitrogen and oxygen atoms in total. The molecule has 0 spiro atoms. The maximum Gasteiger partial charge on any atom is 0.262 e. The third-order valence-electron chi connectivity index (χ3n) is 3.38. The van der Waals surface area contributed by atoms with E-state index < -0.39 is 0 Å². The molecule has 4 heteroatoms. The zero-order chi connectivity index (χ0) is 13.6. The quantitative estimate of drug-likeness (QED) is 0.793. The Bertz CT molecular complexity index is 709. The van der Waals surface area contributed by atoms with Crippen LogP contribution in [0.2, 0.25) is 0 Å². The van der Waals surface area contributed by atoms with E-state index in [0.29, 0.717) is 17.7 Å². The molecule has 0 unspecified atom stereocenters. The Kier molecular flexibility index (Phi) is 2.90. The predicted molar refractivity (Wildman–Crippen MR) is 77.3 cm³/mol. The second kappa shape index (κ2) is 4.46. The van der Waals surface area contributed by atoms with Crippen LogP contribution >= 0.6 is 15.9 Å². The monoisotopic (exact) mass is 317 g/mol. The maximum absolute atomic E-state index is 12.5. The van der Waals surface area contributed by atoms with E-state index in [9.17, 15) is 9.59 Å². The van der Waals surface area contributed by atoms with E-state index in [1.54, 1.807) is 6.07 Å². The molecule has 19 heavy (non-hydrogen) atoms. The van der Waals surface area contributed by atoms with Crippen molar-refractivity contribution in [3.05, 3.63) is 45.9 Å². The number of halogens is 1. The maximum atomic E-state index is 12.5. The zero-order valence-electron chi connectivity index (χ0n) is 10.4. The number of nitrogens with zero attached hydrogens (tertiary/aromatic N) is 1. The van der Waals surface area contributed by atoms with Crippen molar-refractivity contribution >= 4 is 38.5 Å². The van der Waals surface area contributed by atoms with Crippen molar-refractivity contribution in [3.8, 4) is 0 Å². The number of amides is 2. The van der Waals surface area contributed by atoms with Gasteiger partial charge in [0.15, 0.2) is 0 Å². The van der Waals surface area contributed by atoms with E-state index in [1.807, 2.05) is 31.2 Å². The lowest BCUT2D eigenvalue weighted by Gasteiger charge is -2.27. The first-order valence-electron chi connectivity index (χ1n) is 6.22. The van der Waals surface area contributed by atoms with Gasteiger partial charge in [-0.2, -0.15) is 0 Å². The van der Waals surface area contributed by atoms with Crippen LogP contribution in [-0.2, 0) is 0 Å². The van der Waals surface area contributed by atoms with Gasteiger partial charge < -0.3 is 0 Å². The second-order valence-electron chi connectivity index (χ2n) is 4.59. The van der Waals surface area contributed by atoms with E-state index in [2.05, 4.69) is 15.9 Å². The fourth-order valence-electron chi connectivity index (χ4n) is 2.54. The summed E-state index contributed by atoms with van der Waals surface area (Å²) in [5, 5.41) is 1.69. The molecule has 0 radical (unpaired) electrons. The van der Waals surface area contributed by atoms with Gasteiger partial charge in [0.1, 0.15) is 0 Å². The Balaban J connectivity index is 2.37. The van der Waals surface area contributed by atoms with Gasteiger partial charge >= 0.3 is 0 Å². The first-order valence-corrected chi connectivity index (χ1v) is 7.02. The number of carbonyl (C=O) groups excluding carboxylic acids is 2. The van der Waals surface area contributed by atoms with Crippen molar-refractivity contribution in [2.75, 3.05) is 6.54 Å². The molecule has 1 aliphatic rings. The first kappa shape index (κ1) is 12.4. The summed E-state index contributed by atoms with van der Waals surface area (Å²) in [5.41, 5.74) is 1.21. The van der Waals surface area contributed by atoms with Gasteiger partial charge in [-0.25, -0.2) is 0 Å². The molecule has 0 saturated carbocycles. The highest BCUT2D eigenvalue weighted by Crippen LogP contribution is 2.34. The van der Waals surface area contributed by atoms with E-state index >= 15 is 0 Å². The van der Waals surface area contributed by atoms with Gasteiger partial charge in [0, 0.05) is 22.0 Å². The summed E-state index contributed by atoms with van der Waals surface area (Å²) in [6.07, 6.45) is 0.757. The van der Waals surface area contributed by atoms with Crippen LogP contribution in [0.1, 0.15) is 34.1 Å². The Morgan fingerprint density at radius 1 is 1.11 bits per heavy atom. The van der Waals surface area contributed by atoms with E-state index in [1.165, 1.54) is 4.90 Å². The summed E-state index contributed by atoms with van der Waals surface area (Å²) >= 11 is 3.43. The summed E-state index contributed by atoms with van der Waals surface area (Å²) in [7, 11) is 0. The van der Waals surface area contributed by atoms with Gasteiger partial charge in [-0.3, -0.25) is 14.5 Å². The Morgan fingerprint density at radius 3 is 2.63 bits per heavy atom. The fraction of sp³-hybridized carbons (Fsp3) is 0.200. The van der Waals surface area contributed by atoms with Crippen LogP contribution in [-0.4, -0.2) is 23.3 Å². The van der Waals surface area contributed by atoms with Crippen LogP contribution in [0.15, 0.2) is 34.8 Å². The number of hydrogen-bond acceptors (Lipinski definition) is 2. The molecular weight excluding hydrogens is 306 g/mol. The van der Waals surface area contributed by atoms with Crippen LogP contribution < -0.4 is 0 Å². The van der Waals surface area contributed by atoms with E-state index in [-0.39, 0.29) is 11.8 Å². The van der Waals surface area contributed by atoms with Crippen molar-refractivity contribution in [1.29, 1.82) is 0 Å². The standard InChI is InChI=1S/C15H12BrNO2/c1-2-8-17-14(18)10-5-3-4-9-6-7-11(16)13(12(9)10)15(17)19/h3-7H,2,8H2,1H3. The van der Waals surface area contributed by atoms with E-state index in [0.717, 1.165) is 21.7 Å². The van der Waals surface area contributed by atoms with Crippen molar-refractivity contribution in [2.45, 2.75) is 13.3 Å². The van der Waals surface area contributed by atoms with Gasteiger partial charge in [0.25, 0.3) is 11.8 Å². The Labute approximate surface area is 119 Å². The number of carbonyl (C=O) groups is 2. The molecule has 0 aromatic heterocycles. The van der Waals surface area contributed by atoms with Gasteiger partial charge in [-0.15, -0.1) is 0 Å². The van der Waals surface area contributed by atoms with Crippen molar-refractivity contribution in [1.82, 2.24) is 4.90 Å². The average Bonchev–Trinajstić information content (AvgIpc) is 2.41. The first-order chi connectivity index (χ1) is 9.15. The fourth-order valence-corrected chi connectivity index (χ4v) is 3.04. The average molecular weight is 318 g/mol.